The van der Waals surface area contributed by atoms with Crippen LogP contribution in [0.1, 0.15) is 0 Å². The number of hydrogen-bond acceptors (Lipinski definition) is 11. The first-order chi connectivity index (χ1) is 6.54. The van der Waals surface area contributed by atoms with E-state index in [4.69, 9.17) is 17.8 Å². The SMILES string of the molecule is O=S(=O)([O-])OS(=O)(=O)[O-].O=[Si]=O.O=[Si]=O.[K+].[K+]. The van der Waals surface area contributed by atoms with Crippen LogP contribution >= 0.6 is 0 Å². The Labute approximate surface area is 185 Å². The largest absolute Gasteiger partial charge is 1.00 e. The van der Waals surface area contributed by atoms with Crippen LogP contribution in [0, 0.1) is 0 Å². The molecule has 0 unspecified atom stereocenters. The Morgan fingerprint density at radius 1 is 0.706 bits per heavy atom. The molecule has 0 saturated heterocycles. The van der Waals surface area contributed by atoms with E-state index in [-0.39, 0.29) is 103 Å². The fraction of sp³-hybridized carbons (Fsp3) is 0. The van der Waals surface area contributed by atoms with Gasteiger partial charge in [0.1, 0.15) is 0 Å². The monoisotopic (exact) mass is 374 g/mol. The molecule has 11 nitrogen and oxygen atoms in total. The Balaban J connectivity index is -0.0000000514. The van der Waals surface area contributed by atoms with Crippen LogP contribution in [0.15, 0.2) is 0 Å². The van der Waals surface area contributed by atoms with Gasteiger partial charge in [-0.25, -0.2) is 16.8 Å². The summed E-state index contributed by atoms with van der Waals surface area (Å²) in [5, 5.41) is 0. The van der Waals surface area contributed by atoms with Gasteiger partial charge in [0.05, 0.1) is 0 Å². The van der Waals surface area contributed by atoms with E-state index < -0.39 is 39.4 Å². The molecule has 0 fully saturated rings. The maximum Gasteiger partial charge on any atom is 1.00 e. The predicted octanol–water partition coefficient (Wildman–Crippen LogP) is -9.31. The minimum absolute atomic E-state index is 0. The molecule has 0 aromatic heterocycles. The van der Waals surface area contributed by atoms with Gasteiger partial charge in [0.2, 0.25) is 20.8 Å². The summed E-state index contributed by atoms with van der Waals surface area (Å²) in [6, 6.07) is 0. The topological polar surface area (TPSA) is 192 Å². The molecule has 17 heavy (non-hydrogen) atoms. The minimum Gasteiger partial charge on any atom is -0.725 e. The molecule has 0 saturated carbocycles. The summed E-state index contributed by atoms with van der Waals surface area (Å²) in [4.78, 5) is 0. The van der Waals surface area contributed by atoms with Crippen molar-refractivity contribution in [1.82, 2.24) is 0 Å². The second kappa shape index (κ2) is 18.7. The van der Waals surface area contributed by atoms with Crippen LogP contribution in [0.5, 0.6) is 0 Å². The van der Waals surface area contributed by atoms with E-state index in [1.807, 2.05) is 0 Å². The molecule has 88 valence electrons. The zero-order chi connectivity index (χ0) is 13.1. The average molecular weight is 374 g/mol. The Morgan fingerprint density at radius 2 is 0.824 bits per heavy atom. The van der Waals surface area contributed by atoms with Crippen LogP contribution in [-0.4, -0.2) is 44.5 Å². The van der Waals surface area contributed by atoms with Crippen molar-refractivity contribution in [3.8, 4) is 0 Å². The standard InChI is InChI=1S/2K.H2O7S2.2O2Si/c;;1-8(2,3)7-9(4,5)6;2*1-3-2/h;;(H,1,2,3)(H,4,5,6);;/q2*+1;;;/p-2. The molecule has 0 N–H and O–H groups in total. The third kappa shape index (κ3) is 69.0. The van der Waals surface area contributed by atoms with E-state index in [1.54, 1.807) is 0 Å². The average Bonchev–Trinajstić information content (AvgIpc) is 1.80. The van der Waals surface area contributed by atoms with Crippen molar-refractivity contribution in [2.45, 2.75) is 0 Å². The summed E-state index contributed by atoms with van der Waals surface area (Å²) in [7, 11) is -13.7. The van der Waals surface area contributed by atoms with Crippen molar-refractivity contribution in [3.05, 3.63) is 0 Å². The van der Waals surface area contributed by atoms with Gasteiger partial charge in [-0.2, -0.15) is 3.63 Å². The van der Waals surface area contributed by atoms with Gasteiger partial charge < -0.3 is 9.11 Å². The molecule has 0 aromatic carbocycles. The smallest absolute Gasteiger partial charge is 0.725 e. The summed E-state index contributed by atoms with van der Waals surface area (Å²) in [5.74, 6) is 0. The van der Waals surface area contributed by atoms with E-state index in [0.29, 0.717) is 0 Å². The Kier molecular flexibility index (Phi) is 35.0. The van der Waals surface area contributed by atoms with Crippen molar-refractivity contribution in [1.29, 1.82) is 0 Å². The van der Waals surface area contributed by atoms with Crippen LogP contribution in [0.3, 0.4) is 0 Å². The Morgan fingerprint density at radius 3 is 0.824 bits per heavy atom. The van der Waals surface area contributed by atoms with Crippen LogP contribution in [0.4, 0.5) is 0 Å². The minimum atomic E-state index is -5.43. The number of rotatable bonds is 2. The van der Waals surface area contributed by atoms with Gasteiger partial charge in [0.25, 0.3) is 0 Å². The zero-order valence-electron chi connectivity index (χ0n) is 8.31. The van der Waals surface area contributed by atoms with E-state index in [1.165, 1.54) is 0 Å². The summed E-state index contributed by atoms with van der Waals surface area (Å²) >= 11 is 0. The molecule has 0 atom stereocenters. The molecular formula is K2O11S2Si2. The Bertz CT molecular complexity index is 378. The second-order valence-electron chi connectivity index (χ2n) is 1.05. The molecule has 17 heteroatoms. The van der Waals surface area contributed by atoms with E-state index in [2.05, 4.69) is 3.63 Å². The molecule has 0 spiro atoms. The molecule has 0 amide bonds. The van der Waals surface area contributed by atoms with Gasteiger partial charge in [0.15, 0.2) is 0 Å². The third-order valence-corrected chi connectivity index (χ3v) is 1.50. The molecule has 0 aliphatic heterocycles. The van der Waals surface area contributed by atoms with Crippen molar-refractivity contribution < 1.29 is 150 Å². The van der Waals surface area contributed by atoms with E-state index >= 15 is 0 Å². The molecule has 0 bridgehead atoms. The molecule has 0 aliphatic rings. The molecule has 0 rings (SSSR count). The first-order valence-electron chi connectivity index (χ1n) is 2.15. The maximum absolute atomic E-state index is 9.29. The van der Waals surface area contributed by atoms with Crippen LogP contribution in [-0.2, 0) is 42.3 Å². The molecule has 0 aromatic rings. The third-order valence-electron chi connectivity index (χ3n) is 0.167. The van der Waals surface area contributed by atoms with Gasteiger partial charge in [-0.1, -0.05) is 0 Å². The van der Waals surface area contributed by atoms with Crippen molar-refractivity contribution in [2.75, 3.05) is 0 Å². The maximum atomic E-state index is 9.29. The van der Waals surface area contributed by atoms with Crippen LogP contribution < -0.4 is 103 Å². The first kappa shape index (κ1) is 31.9. The molecule has 0 aliphatic carbocycles. The van der Waals surface area contributed by atoms with Crippen molar-refractivity contribution in [2.24, 2.45) is 0 Å². The van der Waals surface area contributed by atoms with Gasteiger partial charge in [-0.3, -0.25) is 17.8 Å². The van der Waals surface area contributed by atoms with Crippen molar-refractivity contribution >= 4 is 39.4 Å². The normalized spacial score (nSPS) is 8.12. The predicted molar refractivity (Wildman–Crippen MR) is 34.7 cm³/mol. The fourth-order valence-corrected chi connectivity index (χ4v) is 0.919. The van der Waals surface area contributed by atoms with Crippen molar-refractivity contribution in [3.63, 3.8) is 0 Å². The van der Waals surface area contributed by atoms with E-state index in [9.17, 15) is 25.9 Å². The number of hydrogen-bond donors (Lipinski definition) is 0. The van der Waals surface area contributed by atoms with Gasteiger partial charge >= 0.3 is 121 Å². The summed E-state index contributed by atoms with van der Waals surface area (Å²) < 4.78 is 91.8. The van der Waals surface area contributed by atoms with Gasteiger partial charge in [0, 0.05) is 0 Å². The van der Waals surface area contributed by atoms with Gasteiger partial charge in [-0.05, 0) is 0 Å². The summed E-state index contributed by atoms with van der Waals surface area (Å²) in [5.41, 5.74) is 0. The quantitative estimate of drug-likeness (QED) is 0.253. The zero-order valence-corrected chi connectivity index (χ0v) is 18.2. The summed E-state index contributed by atoms with van der Waals surface area (Å²) in [6.07, 6.45) is 0. The van der Waals surface area contributed by atoms with Crippen LogP contribution in [0.25, 0.3) is 0 Å². The van der Waals surface area contributed by atoms with Crippen LogP contribution in [0.2, 0.25) is 0 Å². The first-order valence-corrected chi connectivity index (χ1v) is 6.45. The summed E-state index contributed by atoms with van der Waals surface area (Å²) in [6.45, 7) is 0. The fourth-order valence-electron chi connectivity index (χ4n) is 0.102. The molecule has 0 radical (unpaired) electrons. The molecular weight excluding hydrogens is 374 g/mol. The second-order valence-corrected chi connectivity index (χ2v) is 3.56. The van der Waals surface area contributed by atoms with E-state index in [0.717, 1.165) is 0 Å². The molecule has 0 heterocycles. The Hall–Kier alpha value is 2.69. The van der Waals surface area contributed by atoms with Gasteiger partial charge in [-0.15, -0.1) is 0 Å².